The van der Waals surface area contributed by atoms with Crippen molar-refractivity contribution in [3.63, 3.8) is 0 Å². The van der Waals surface area contributed by atoms with Crippen LogP contribution in [0, 0.1) is 5.92 Å². The van der Waals surface area contributed by atoms with E-state index in [9.17, 15) is 0 Å². The van der Waals surface area contributed by atoms with Gasteiger partial charge in [-0.2, -0.15) is 0 Å². The van der Waals surface area contributed by atoms with Crippen LogP contribution in [0.1, 0.15) is 58.4 Å². The van der Waals surface area contributed by atoms with Crippen LogP contribution in [0.2, 0.25) is 0 Å². The molecule has 0 aliphatic rings. The molecule has 0 aliphatic heterocycles. The summed E-state index contributed by atoms with van der Waals surface area (Å²) in [6.45, 7) is 9.78. The first kappa shape index (κ1) is 14.1. The van der Waals surface area contributed by atoms with Crippen molar-refractivity contribution in [3.8, 4) is 5.75 Å². The van der Waals surface area contributed by atoms with Gasteiger partial charge in [-0.3, -0.25) is 0 Å². The molecule has 1 aromatic carbocycles. The van der Waals surface area contributed by atoms with Crippen LogP contribution in [0.5, 0.6) is 5.75 Å². The van der Waals surface area contributed by atoms with E-state index in [0.717, 1.165) is 12.4 Å². The lowest BCUT2D eigenvalue weighted by Crippen LogP contribution is -2.10. The zero-order valence-corrected chi connectivity index (χ0v) is 11.7. The molecule has 0 amide bonds. The van der Waals surface area contributed by atoms with E-state index in [0.29, 0.717) is 11.8 Å². The minimum absolute atomic E-state index is 0.642. The van der Waals surface area contributed by atoms with E-state index < -0.39 is 0 Å². The Morgan fingerprint density at radius 2 is 1.53 bits per heavy atom. The van der Waals surface area contributed by atoms with Crippen molar-refractivity contribution in [1.82, 2.24) is 0 Å². The highest BCUT2D eigenvalue weighted by Gasteiger charge is 2.05. The summed E-state index contributed by atoms with van der Waals surface area (Å²) in [6.07, 6.45) is 3.58. The van der Waals surface area contributed by atoms with Gasteiger partial charge in [-0.15, -0.1) is 0 Å². The van der Waals surface area contributed by atoms with Crippen LogP contribution in [0.15, 0.2) is 24.3 Å². The molecule has 0 aromatic heterocycles. The number of ether oxygens (including phenoxy) is 1. The minimum atomic E-state index is 0.642. The molecule has 1 aromatic rings. The van der Waals surface area contributed by atoms with E-state index in [1.165, 1.54) is 24.8 Å². The third-order valence-electron chi connectivity index (χ3n) is 3.70. The van der Waals surface area contributed by atoms with E-state index in [-0.39, 0.29) is 0 Å². The Bertz CT molecular complexity index is 298. The molecule has 0 fully saturated rings. The Balaban J connectivity index is 2.50. The molecule has 1 atom stereocenters. The first-order valence-electron chi connectivity index (χ1n) is 6.93. The normalized spacial score (nSPS) is 12.8. The lowest BCUT2D eigenvalue weighted by Gasteiger charge is -2.14. The lowest BCUT2D eigenvalue weighted by molar-refractivity contribution is 0.240. The van der Waals surface area contributed by atoms with E-state index >= 15 is 0 Å². The third kappa shape index (κ3) is 4.41. The molecule has 1 heteroatoms. The monoisotopic (exact) mass is 234 g/mol. The summed E-state index contributed by atoms with van der Waals surface area (Å²) in [7, 11) is 0. The first-order chi connectivity index (χ1) is 8.21. The van der Waals surface area contributed by atoms with Gasteiger partial charge in [0.1, 0.15) is 5.75 Å². The van der Waals surface area contributed by atoms with Gasteiger partial charge < -0.3 is 4.74 Å². The lowest BCUT2D eigenvalue weighted by atomic mass is 9.99. The third-order valence-corrected chi connectivity index (χ3v) is 3.70. The molecular weight excluding hydrogens is 208 g/mol. The Hall–Kier alpha value is -0.980. The molecule has 1 rings (SSSR count). The molecular formula is C16H26O. The van der Waals surface area contributed by atoms with E-state index in [1.807, 2.05) is 0 Å². The number of benzene rings is 1. The molecule has 1 nitrogen and oxygen atoms in total. The van der Waals surface area contributed by atoms with Crippen molar-refractivity contribution in [1.29, 1.82) is 0 Å². The molecule has 0 radical (unpaired) electrons. The summed E-state index contributed by atoms with van der Waals surface area (Å²) in [6, 6.07) is 8.58. The van der Waals surface area contributed by atoms with Crippen molar-refractivity contribution in [2.45, 2.75) is 52.9 Å². The number of hydrogen-bond donors (Lipinski definition) is 0. The second kappa shape index (κ2) is 7.37. The summed E-state index contributed by atoms with van der Waals surface area (Å²) >= 11 is 0. The van der Waals surface area contributed by atoms with Gasteiger partial charge in [0.2, 0.25) is 0 Å². The second-order valence-electron chi connectivity index (χ2n) is 4.87. The topological polar surface area (TPSA) is 9.23 Å². The first-order valence-corrected chi connectivity index (χ1v) is 6.93. The smallest absolute Gasteiger partial charge is 0.119 e. The van der Waals surface area contributed by atoms with Crippen LogP contribution in [0.25, 0.3) is 0 Å². The molecule has 0 saturated carbocycles. The molecule has 0 heterocycles. The van der Waals surface area contributed by atoms with Gasteiger partial charge in [-0.1, -0.05) is 52.7 Å². The summed E-state index contributed by atoms with van der Waals surface area (Å²) in [5, 5.41) is 0. The highest BCUT2D eigenvalue weighted by Crippen LogP contribution is 2.22. The van der Waals surface area contributed by atoms with Crippen LogP contribution in [0.3, 0.4) is 0 Å². The van der Waals surface area contributed by atoms with Crippen molar-refractivity contribution < 1.29 is 4.74 Å². The zero-order valence-electron chi connectivity index (χ0n) is 11.7. The Labute approximate surface area is 106 Å². The van der Waals surface area contributed by atoms with Crippen LogP contribution in [-0.2, 0) is 0 Å². The summed E-state index contributed by atoms with van der Waals surface area (Å²) in [5.41, 5.74) is 1.40. The van der Waals surface area contributed by atoms with Crippen molar-refractivity contribution in [2.75, 3.05) is 6.61 Å². The number of rotatable bonds is 7. The van der Waals surface area contributed by atoms with Crippen molar-refractivity contribution in [3.05, 3.63) is 29.8 Å². The van der Waals surface area contributed by atoms with E-state index in [1.54, 1.807) is 0 Å². The van der Waals surface area contributed by atoms with E-state index in [2.05, 4.69) is 52.0 Å². The summed E-state index contributed by atoms with van der Waals surface area (Å²) in [4.78, 5) is 0. The largest absolute Gasteiger partial charge is 0.493 e. The van der Waals surface area contributed by atoms with Gasteiger partial charge in [0.05, 0.1) is 6.61 Å². The molecule has 1 unspecified atom stereocenters. The van der Waals surface area contributed by atoms with Crippen molar-refractivity contribution in [2.24, 2.45) is 5.92 Å². The predicted molar refractivity (Wildman–Crippen MR) is 74.7 cm³/mol. The van der Waals surface area contributed by atoms with Crippen LogP contribution >= 0.6 is 0 Å². The molecule has 0 saturated heterocycles. The molecule has 0 aliphatic carbocycles. The molecule has 96 valence electrons. The van der Waals surface area contributed by atoms with Crippen molar-refractivity contribution >= 4 is 0 Å². The van der Waals surface area contributed by atoms with Crippen LogP contribution < -0.4 is 4.74 Å². The average molecular weight is 234 g/mol. The predicted octanol–water partition coefficient (Wildman–Crippen LogP) is 5.02. The Morgan fingerprint density at radius 3 is 2.00 bits per heavy atom. The maximum absolute atomic E-state index is 5.82. The van der Waals surface area contributed by atoms with Gasteiger partial charge in [0.15, 0.2) is 0 Å². The SMILES string of the molecule is CCC(CC)COc1ccc(C(C)CC)cc1. The number of hydrogen-bond acceptors (Lipinski definition) is 1. The quantitative estimate of drug-likeness (QED) is 0.644. The summed E-state index contributed by atoms with van der Waals surface area (Å²) < 4.78 is 5.82. The molecule has 0 bridgehead atoms. The van der Waals surface area contributed by atoms with Gasteiger partial charge in [-0.25, -0.2) is 0 Å². The summed E-state index contributed by atoms with van der Waals surface area (Å²) in [5.74, 6) is 2.33. The van der Waals surface area contributed by atoms with Gasteiger partial charge >= 0.3 is 0 Å². The van der Waals surface area contributed by atoms with Gasteiger partial charge in [-0.05, 0) is 36.0 Å². The minimum Gasteiger partial charge on any atom is -0.493 e. The standard InChI is InChI=1S/C16H26O/c1-5-13(4)15-8-10-16(11-9-15)17-12-14(6-2)7-3/h8-11,13-14H,5-7,12H2,1-4H3. The Morgan fingerprint density at radius 1 is 0.941 bits per heavy atom. The highest BCUT2D eigenvalue weighted by molar-refractivity contribution is 5.29. The fourth-order valence-corrected chi connectivity index (χ4v) is 1.87. The van der Waals surface area contributed by atoms with Crippen LogP contribution in [-0.4, -0.2) is 6.61 Å². The Kier molecular flexibility index (Phi) is 6.10. The van der Waals surface area contributed by atoms with Crippen LogP contribution in [0.4, 0.5) is 0 Å². The second-order valence-corrected chi connectivity index (χ2v) is 4.87. The fourth-order valence-electron chi connectivity index (χ4n) is 1.87. The zero-order chi connectivity index (χ0) is 12.7. The van der Waals surface area contributed by atoms with Gasteiger partial charge in [0, 0.05) is 0 Å². The highest BCUT2D eigenvalue weighted by atomic mass is 16.5. The molecule has 17 heavy (non-hydrogen) atoms. The van der Waals surface area contributed by atoms with Gasteiger partial charge in [0.25, 0.3) is 0 Å². The van der Waals surface area contributed by atoms with E-state index in [4.69, 9.17) is 4.74 Å². The maximum Gasteiger partial charge on any atom is 0.119 e. The average Bonchev–Trinajstić information content (AvgIpc) is 2.39. The maximum atomic E-state index is 5.82. The molecule has 0 spiro atoms. The fraction of sp³-hybridized carbons (Fsp3) is 0.625. The molecule has 0 N–H and O–H groups in total.